The number of nitrogens with two attached hydrogens (primary N) is 1. The van der Waals surface area contributed by atoms with Crippen LogP contribution < -0.4 is 10.6 Å². The number of nitrogens with zero attached hydrogens (tertiary/aromatic N) is 2. The SMILES string of the molecule is CC1CN(c2nc(Cl)ccc2N)CCO1. The van der Waals surface area contributed by atoms with Gasteiger partial charge in [0.25, 0.3) is 0 Å². The van der Waals surface area contributed by atoms with Crippen molar-refractivity contribution in [3.05, 3.63) is 17.3 Å². The number of pyridine rings is 1. The smallest absolute Gasteiger partial charge is 0.153 e. The molecule has 0 radical (unpaired) electrons. The number of hydrogen-bond acceptors (Lipinski definition) is 4. The molecule has 0 amide bonds. The average molecular weight is 228 g/mol. The van der Waals surface area contributed by atoms with Crippen molar-refractivity contribution >= 4 is 23.1 Å². The van der Waals surface area contributed by atoms with E-state index in [1.165, 1.54) is 0 Å². The van der Waals surface area contributed by atoms with Gasteiger partial charge < -0.3 is 15.4 Å². The third kappa shape index (κ3) is 2.33. The predicted molar refractivity (Wildman–Crippen MR) is 61.3 cm³/mol. The number of morpholine rings is 1. The maximum atomic E-state index is 5.86. The highest BCUT2D eigenvalue weighted by molar-refractivity contribution is 6.29. The molecule has 0 bridgehead atoms. The fourth-order valence-corrected chi connectivity index (χ4v) is 1.84. The normalized spacial score (nSPS) is 21.7. The van der Waals surface area contributed by atoms with E-state index in [0.29, 0.717) is 17.4 Å². The lowest BCUT2D eigenvalue weighted by atomic mass is 10.3. The van der Waals surface area contributed by atoms with Gasteiger partial charge in [0.1, 0.15) is 5.15 Å². The Balaban J connectivity index is 2.24. The predicted octanol–water partition coefficient (Wildman–Crippen LogP) is 1.54. The quantitative estimate of drug-likeness (QED) is 0.740. The first-order valence-electron chi connectivity index (χ1n) is 4.95. The van der Waals surface area contributed by atoms with Crippen LogP contribution in [0.5, 0.6) is 0 Å². The van der Waals surface area contributed by atoms with Crippen molar-refractivity contribution in [1.29, 1.82) is 0 Å². The number of hydrogen-bond donors (Lipinski definition) is 1. The summed E-state index contributed by atoms with van der Waals surface area (Å²) in [5.41, 5.74) is 6.52. The Labute approximate surface area is 94.0 Å². The lowest BCUT2D eigenvalue weighted by molar-refractivity contribution is 0.0530. The summed E-state index contributed by atoms with van der Waals surface area (Å²) in [7, 11) is 0. The molecule has 2 heterocycles. The van der Waals surface area contributed by atoms with E-state index < -0.39 is 0 Å². The third-order valence-corrected chi connectivity index (χ3v) is 2.62. The third-order valence-electron chi connectivity index (χ3n) is 2.41. The first kappa shape index (κ1) is 10.5. The van der Waals surface area contributed by atoms with Gasteiger partial charge in [-0.2, -0.15) is 0 Å². The van der Waals surface area contributed by atoms with E-state index in [1.807, 2.05) is 6.92 Å². The van der Waals surface area contributed by atoms with Gasteiger partial charge in [-0.15, -0.1) is 0 Å². The summed E-state index contributed by atoms with van der Waals surface area (Å²) in [4.78, 5) is 6.35. The van der Waals surface area contributed by atoms with Crippen LogP contribution in [0.4, 0.5) is 11.5 Å². The highest BCUT2D eigenvalue weighted by Gasteiger charge is 2.19. The van der Waals surface area contributed by atoms with Gasteiger partial charge in [0, 0.05) is 13.1 Å². The fraction of sp³-hybridized carbons (Fsp3) is 0.500. The molecular formula is C10H14ClN3O. The molecular weight excluding hydrogens is 214 g/mol. The topological polar surface area (TPSA) is 51.4 Å². The standard InChI is InChI=1S/C10H14ClN3O/c1-7-6-14(4-5-15-7)10-8(12)2-3-9(11)13-10/h2-3,7H,4-6,12H2,1H3. The maximum absolute atomic E-state index is 5.86. The highest BCUT2D eigenvalue weighted by Crippen LogP contribution is 2.24. The Morgan fingerprint density at radius 2 is 2.40 bits per heavy atom. The number of aromatic nitrogens is 1. The van der Waals surface area contributed by atoms with Gasteiger partial charge in [-0.3, -0.25) is 0 Å². The van der Waals surface area contributed by atoms with Crippen LogP contribution in [-0.2, 0) is 4.74 Å². The monoisotopic (exact) mass is 227 g/mol. The van der Waals surface area contributed by atoms with Gasteiger partial charge in [0.15, 0.2) is 5.82 Å². The van der Waals surface area contributed by atoms with Gasteiger partial charge in [-0.05, 0) is 19.1 Å². The summed E-state index contributed by atoms with van der Waals surface area (Å²) >= 11 is 5.85. The second-order valence-corrected chi connectivity index (χ2v) is 4.06. The molecule has 2 N–H and O–H groups in total. The first-order chi connectivity index (χ1) is 7.16. The molecule has 15 heavy (non-hydrogen) atoms. The Bertz CT molecular complexity index is 359. The zero-order chi connectivity index (χ0) is 10.8. The summed E-state index contributed by atoms with van der Waals surface area (Å²) in [6.07, 6.45) is 0.207. The number of nitrogen functional groups attached to an aromatic ring is 1. The second kappa shape index (κ2) is 4.24. The molecule has 2 rings (SSSR count). The molecule has 82 valence electrons. The summed E-state index contributed by atoms with van der Waals surface area (Å²) < 4.78 is 5.46. The molecule has 1 atom stereocenters. The molecule has 0 saturated carbocycles. The number of ether oxygens (including phenoxy) is 1. The second-order valence-electron chi connectivity index (χ2n) is 3.67. The van der Waals surface area contributed by atoms with E-state index in [9.17, 15) is 0 Å². The van der Waals surface area contributed by atoms with Crippen molar-refractivity contribution in [3.8, 4) is 0 Å². The van der Waals surface area contributed by atoms with Crippen LogP contribution in [-0.4, -0.2) is 30.8 Å². The highest BCUT2D eigenvalue weighted by atomic mass is 35.5. The first-order valence-corrected chi connectivity index (χ1v) is 5.33. The van der Waals surface area contributed by atoms with Crippen LogP contribution in [0.15, 0.2) is 12.1 Å². The van der Waals surface area contributed by atoms with E-state index >= 15 is 0 Å². The zero-order valence-electron chi connectivity index (χ0n) is 8.61. The van der Waals surface area contributed by atoms with Gasteiger partial charge >= 0.3 is 0 Å². The van der Waals surface area contributed by atoms with Gasteiger partial charge in [0.2, 0.25) is 0 Å². The maximum Gasteiger partial charge on any atom is 0.153 e. The van der Waals surface area contributed by atoms with Crippen LogP contribution in [0.2, 0.25) is 5.15 Å². The summed E-state index contributed by atoms with van der Waals surface area (Å²) in [6, 6.07) is 3.48. The molecule has 0 aromatic carbocycles. The number of anilines is 2. The lowest BCUT2D eigenvalue weighted by Gasteiger charge is -2.32. The van der Waals surface area contributed by atoms with Crippen molar-refractivity contribution in [2.45, 2.75) is 13.0 Å². The fourth-order valence-electron chi connectivity index (χ4n) is 1.70. The van der Waals surface area contributed by atoms with Crippen molar-refractivity contribution in [3.63, 3.8) is 0 Å². The minimum Gasteiger partial charge on any atom is -0.396 e. The van der Waals surface area contributed by atoms with Crippen LogP contribution in [0.25, 0.3) is 0 Å². The van der Waals surface area contributed by atoms with Crippen LogP contribution in [0.1, 0.15) is 6.92 Å². The van der Waals surface area contributed by atoms with Gasteiger partial charge in [-0.1, -0.05) is 11.6 Å². The molecule has 0 spiro atoms. The average Bonchev–Trinajstić information content (AvgIpc) is 2.22. The lowest BCUT2D eigenvalue weighted by Crippen LogP contribution is -2.41. The molecule has 1 fully saturated rings. The molecule has 1 aromatic heterocycles. The summed E-state index contributed by atoms with van der Waals surface area (Å²) in [5, 5.41) is 0.471. The molecule has 1 unspecified atom stereocenters. The van der Waals surface area contributed by atoms with Crippen molar-refractivity contribution < 1.29 is 4.74 Å². The Kier molecular flexibility index (Phi) is 2.98. The van der Waals surface area contributed by atoms with Gasteiger partial charge in [0.05, 0.1) is 18.4 Å². The zero-order valence-corrected chi connectivity index (χ0v) is 9.37. The van der Waals surface area contributed by atoms with Gasteiger partial charge in [-0.25, -0.2) is 4.98 Å². The number of halogens is 1. The minimum absolute atomic E-state index is 0.207. The molecule has 5 heteroatoms. The summed E-state index contributed by atoms with van der Waals surface area (Å²) in [5.74, 6) is 0.762. The van der Waals surface area contributed by atoms with Crippen LogP contribution in [0.3, 0.4) is 0 Å². The largest absolute Gasteiger partial charge is 0.396 e. The molecule has 1 aliphatic heterocycles. The summed E-state index contributed by atoms with van der Waals surface area (Å²) in [6.45, 7) is 4.35. The Hall–Kier alpha value is -1.00. The molecule has 1 aliphatic rings. The molecule has 1 aromatic rings. The molecule has 1 saturated heterocycles. The Morgan fingerprint density at radius 1 is 1.60 bits per heavy atom. The number of rotatable bonds is 1. The van der Waals surface area contributed by atoms with Crippen molar-refractivity contribution in [2.75, 3.05) is 30.3 Å². The van der Waals surface area contributed by atoms with Crippen LogP contribution in [0, 0.1) is 0 Å². The van der Waals surface area contributed by atoms with Crippen molar-refractivity contribution in [2.24, 2.45) is 0 Å². The minimum atomic E-state index is 0.207. The van der Waals surface area contributed by atoms with E-state index in [1.54, 1.807) is 12.1 Å². The Morgan fingerprint density at radius 3 is 3.13 bits per heavy atom. The van der Waals surface area contributed by atoms with E-state index in [0.717, 1.165) is 18.9 Å². The van der Waals surface area contributed by atoms with Crippen LogP contribution >= 0.6 is 11.6 Å². The molecule has 4 nitrogen and oxygen atoms in total. The van der Waals surface area contributed by atoms with E-state index in [-0.39, 0.29) is 6.10 Å². The van der Waals surface area contributed by atoms with E-state index in [2.05, 4.69) is 9.88 Å². The van der Waals surface area contributed by atoms with E-state index in [4.69, 9.17) is 22.1 Å². The molecule has 0 aliphatic carbocycles. The van der Waals surface area contributed by atoms with Crippen molar-refractivity contribution in [1.82, 2.24) is 4.98 Å².